The smallest absolute Gasteiger partial charge is 0.194 e. The van der Waals surface area contributed by atoms with Gasteiger partial charge in [0.25, 0.3) is 0 Å². The average molecular weight is 337 g/mol. The van der Waals surface area contributed by atoms with E-state index in [1.165, 1.54) is 24.3 Å². The maximum Gasteiger partial charge on any atom is 0.194 e. The van der Waals surface area contributed by atoms with Gasteiger partial charge in [-0.2, -0.15) is 5.26 Å². The normalized spacial score (nSPS) is 12.5. The van der Waals surface area contributed by atoms with Gasteiger partial charge in [-0.25, -0.2) is 8.42 Å². The topological polar surface area (TPSA) is 138 Å². The van der Waals surface area contributed by atoms with Crippen molar-refractivity contribution in [3.8, 4) is 6.07 Å². The van der Waals surface area contributed by atoms with Gasteiger partial charge in [-0.1, -0.05) is 18.2 Å². The van der Waals surface area contributed by atoms with Crippen LogP contribution in [0.3, 0.4) is 0 Å². The third-order valence-corrected chi connectivity index (χ3v) is 5.49. The second-order valence-electron chi connectivity index (χ2n) is 4.99. The van der Waals surface area contributed by atoms with Crippen LogP contribution in [-0.4, -0.2) is 25.6 Å². The molecular weight excluding hydrogens is 322 g/mol. The van der Waals surface area contributed by atoms with Gasteiger partial charge in [0.05, 0.1) is 11.0 Å². The molecule has 124 valence electrons. The number of carbonyl (C=O) groups excluding carboxylic acids is 2. The summed E-state index contributed by atoms with van der Waals surface area (Å²) in [5.74, 6) is -3.73. The highest BCUT2D eigenvalue weighted by Gasteiger charge is 2.34. The van der Waals surface area contributed by atoms with E-state index in [1.807, 2.05) is 0 Å². The van der Waals surface area contributed by atoms with E-state index in [4.69, 9.17) is 0 Å². The Hall–Kier alpha value is -2.40. The van der Waals surface area contributed by atoms with Crippen molar-refractivity contribution in [2.75, 3.05) is 0 Å². The molecule has 0 amide bonds. The molecule has 0 N–H and O–H groups in total. The summed E-state index contributed by atoms with van der Waals surface area (Å²) >= 11 is 0. The van der Waals surface area contributed by atoms with Crippen LogP contribution in [0.4, 0.5) is 0 Å². The fraction of sp³-hybridized carbons (Fsp3) is 0.400. The van der Waals surface area contributed by atoms with Crippen molar-refractivity contribution in [1.82, 2.24) is 0 Å². The highest BCUT2D eigenvalue weighted by molar-refractivity contribution is 7.92. The van der Waals surface area contributed by atoms with Crippen LogP contribution in [0.25, 0.3) is 0 Å². The molecule has 0 saturated carbocycles. The Labute approximate surface area is 134 Å². The van der Waals surface area contributed by atoms with Crippen LogP contribution < -0.4 is 10.2 Å². The lowest BCUT2D eigenvalue weighted by Crippen LogP contribution is -2.32. The lowest BCUT2D eigenvalue weighted by Gasteiger charge is -2.22. The molecule has 0 aliphatic carbocycles. The minimum atomic E-state index is -4.03. The van der Waals surface area contributed by atoms with Crippen LogP contribution in [0, 0.1) is 17.2 Å². The van der Waals surface area contributed by atoms with E-state index in [1.54, 1.807) is 12.1 Å². The van der Waals surface area contributed by atoms with Gasteiger partial charge in [0.1, 0.15) is 0 Å². The molecule has 0 aliphatic heterocycles. The SMILES string of the molecule is N#C[C@H](C(CCC(=O)[O-])CCC(=O)[O-])S(=O)(=O)c1ccccc1. The summed E-state index contributed by atoms with van der Waals surface area (Å²) in [6, 6.07) is 8.94. The Morgan fingerprint density at radius 2 is 1.52 bits per heavy atom. The Bertz CT molecular complexity index is 674. The standard InChI is InChI=1S/C15H17NO6S/c16-10-13(23(21,22)12-4-2-1-3-5-12)11(6-8-14(17)18)7-9-15(19)20/h1-5,11,13H,6-9H2,(H,17,18)(H,19,20)/p-2/t13-/m1/s1. The maximum atomic E-state index is 12.5. The minimum absolute atomic E-state index is 0.0709. The van der Waals surface area contributed by atoms with Crippen molar-refractivity contribution < 1.29 is 28.2 Å². The average Bonchev–Trinajstić information content (AvgIpc) is 2.50. The molecule has 1 atom stereocenters. The maximum absolute atomic E-state index is 12.5. The Balaban J connectivity index is 3.10. The summed E-state index contributed by atoms with van der Waals surface area (Å²) in [5, 5.41) is 28.9. The van der Waals surface area contributed by atoms with E-state index in [0.29, 0.717) is 0 Å². The molecule has 0 unspecified atom stereocenters. The summed E-state index contributed by atoms with van der Waals surface area (Å²) in [6.07, 6.45) is -1.25. The van der Waals surface area contributed by atoms with Crippen molar-refractivity contribution >= 4 is 21.8 Å². The molecule has 0 aliphatic rings. The van der Waals surface area contributed by atoms with Crippen LogP contribution >= 0.6 is 0 Å². The largest absolute Gasteiger partial charge is 0.550 e. The molecule has 0 fully saturated rings. The molecule has 0 aromatic heterocycles. The van der Waals surface area contributed by atoms with Gasteiger partial charge in [-0.05, 0) is 43.7 Å². The fourth-order valence-corrected chi connectivity index (χ4v) is 3.99. The molecule has 0 saturated heterocycles. The Morgan fingerprint density at radius 3 is 1.91 bits per heavy atom. The van der Waals surface area contributed by atoms with Gasteiger partial charge in [0, 0.05) is 11.9 Å². The van der Waals surface area contributed by atoms with Gasteiger partial charge < -0.3 is 19.8 Å². The molecule has 23 heavy (non-hydrogen) atoms. The third-order valence-electron chi connectivity index (χ3n) is 3.40. The first-order chi connectivity index (χ1) is 10.8. The highest BCUT2D eigenvalue weighted by atomic mass is 32.2. The summed E-state index contributed by atoms with van der Waals surface area (Å²) in [5.41, 5.74) is 0. The summed E-state index contributed by atoms with van der Waals surface area (Å²) < 4.78 is 25.1. The van der Waals surface area contributed by atoms with E-state index in [2.05, 4.69) is 0 Å². The van der Waals surface area contributed by atoms with E-state index in [0.717, 1.165) is 0 Å². The van der Waals surface area contributed by atoms with E-state index in [-0.39, 0.29) is 17.7 Å². The molecule has 8 heteroatoms. The lowest BCUT2D eigenvalue weighted by molar-refractivity contribution is -0.306. The van der Waals surface area contributed by atoms with Crippen LogP contribution in [0.1, 0.15) is 25.7 Å². The molecule has 0 spiro atoms. The second-order valence-corrected chi connectivity index (χ2v) is 7.06. The van der Waals surface area contributed by atoms with Gasteiger partial charge >= 0.3 is 0 Å². The number of sulfone groups is 1. The first-order valence-corrected chi connectivity index (χ1v) is 8.42. The van der Waals surface area contributed by atoms with Crippen molar-refractivity contribution in [2.45, 2.75) is 35.8 Å². The third kappa shape index (κ3) is 5.38. The number of benzene rings is 1. The van der Waals surface area contributed by atoms with Crippen molar-refractivity contribution in [2.24, 2.45) is 5.92 Å². The van der Waals surface area contributed by atoms with Crippen LogP contribution in [0.15, 0.2) is 35.2 Å². The van der Waals surface area contributed by atoms with Gasteiger partial charge in [0.2, 0.25) is 0 Å². The van der Waals surface area contributed by atoms with Crippen molar-refractivity contribution in [1.29, 1.82) is 5.26 Å². The molecule has 0 heterocycles. The highest BCUT2D eigenvalue weighted by Crippen LogP contribution is 2.27. The van der Waals surface area contributed by atoms with E-state index in [9.17, 15) is 33.5 Å². The number of aliphatic carboxylic acids is 2. The number of hydrogen-bond donors (Lipinski definition) is 0. The van der Waals surface area contributed by atoms with E-state index < -0.39 is 45.8 Å². The number of carboxylic acid groups (broad SMARTS) is 2. The number of rotatable bonds is 9. The fourth-order valence-electron chi connectivity index (χ4n) is 2.24. The molecule has 0 radical (unpaired) electrons. The number of hydrogen-bond acceptors (Lipinski definition) is 7. The predicted octanol–water partition coefficient (Wildman–Crippen LogP) is -0.971. The zero-order chi connectivity index (χ0) is 17.5. The monoisotopic (exact) mass is 337 g/mol. The van der Waals surface area contributed by atoms with Crippen molar-refractivity contribution in [3.05, 3.63) is 30.3 Å². The first kappa shape index (κ1) is 18.6. The number of nitrogens with zero attached hydrogens (tertiary/aromatic N) is 1. The minimum Gasteiger partial charge on any atom is -0.550 e. The van der Waals surface area contributed by atoms with Gasteiger partial charge in [0.15, 0.2) is 15.1 Å². The Morgan fingerprint density at radius 1 is 1.04 bits per heavy atom. The van der Waals surface area contributed by atoms with E-state index >= 15 is 0 Å². The predicted molar refractivity (Wildman–Crippen MR) is 75.0 cm³/mol. The zero-order valence-corrected chi connectivity index (χ0v) is 13.0. The zero-order valence-electron chi connectivity index (χ0n) is 12.2. The van der Waals surface area contributed by atoms with Crippen LogP contribution in [0.2, 0.25) is 0 Å². The van der Waals surface area contributed by atoms with Gasteiger partial charge in [-0.3, -0.25) is 0 Å². The first-order valence-electron chi connectivity index (χ1n) is 6.87. The quantitative estimate of drug-likeness (QED) is 0.565. The summed E-state index contributed by atoms with van der Waals surface area (Å²) in [6.45, 7) is 0. The van der Waals surface area contributed by atoms with Crippen LogP contribution in [0.5, 0.6) is 0 Å². The molecule has 1 aromatic rings. The summed E-state index contributed by atoms with van der Waals surface area (Å²) in [7, 11) is -4.03. The number of nitriles is 1. The Kier molecular flexibility index (Phi) is 6.72. The van der Waals surface area contributed by atoms with Crippen molar-refractivity contribution in [3.63, 3.8) is 0 Å². The molecule has 1 aromatic carbocycles. The number of carboxylic acids is 2. The molecule has 0 bridgehead atoms. The lowest BCUT2D eigenvalue weighted by atomic mass is 9.94. The number of carbonyl (C=O) groups is 2. The molecule has 1 rings (SSSR count). The van der Waals surface area contributed by atoms with Gasteiger partial charge in [-0.15, -0.1) is 0 Å². The summed E-state index contributed by atoms with van der Waals surface area (Å²) in [4.78, 5) is 21.1. The second kappa shape index (κ2) is 8.29. The van der Waals surface area contributed by atoms with Crippen LogP contribution in [-0.2, 0) is 19.4 Å². The molecule has 7 nitrogen and oxygen atoms in total. The molecular formula is C15H15NO6S-2.